The van der Waals surface area contributed by atoms with Crippen LogP contribution in [0.25, 0.3) is 111 Å². The van der Waals surface area contributed by atoms with Crippen LogP contribution in [0.5, 0.6) is 0 Å². The summed E-state index contributed by atoms with van der Waals surface area (Å²) in [5, 5.41) is 2.21. The Balaban J connectivity index is 1.00. The standard InChI is InChI=1S/C56H35N7/c1-3-9-35(10-4-1)39-26-41(32-58-30-39)49-18-21-53-55(60-49)56-54(22-19-50(61-56)42-27-40(31-59-33-42)36-11-5-2-6-12-36)63(53)44-17-20-51-47(29-44)48-34-57-24-23-52(48)62(51)43-16-15-38-25-37-13-7-8-14-45(37)46(38)28-43/h1-24,26-34H,25H2. The van der Waals surface area contributed by atoms with Gasteiger partial charge in [0.05, 0.1) is 33.5 Å². The first-order valence-electron chi connectivity index (χ1n) is 21.2. The summed E-state index contributed by atoms with van der Waals surface area (Å²) >= 11 is 0. The monoisotopic (exact) mass is 805 g/mol. The van der Waals surface area contributed by atoms with Gasteiger partial charge >= 0.3 is 0 Å². The molecule has 0 aliphatic heterocycles. The molecule has 1 aliphatic carbocycles. The number of hydrogen-bond acceptors (Lipinski definition) is 5. The predicted octanol–water partition coefficient (Wildman–Crippen LogP) is 13.1. The third-order valence-electron chi connectivity index (χ3n) is 12.6. The smallest absolute Gasteiger partial charge is 0.116 e. The minimum Gasteiger partial charge on any atom is -0.309 e. The zero-order valence-electron chi connectivity index (χ0n) is 33.9. The van der Waals surface area contributed by atoms with Crippen LogP contribution in [0.2, 0.25) is 0 Å². The van der Waals surface area contributed by atoms with Crippen LogP contribution in [0.3, 0.4) is 0 Å². The van der Waals surface area contributed by atoms with Crippen molar-refractivity contribution < 1.29 is 0 Å². The van der Waals surface area contributed by atoms with E-state index in [0.29, 0.717) is 0 Å². The van der Waals surface area contributed by atoms with E-state index in [0.717, 1.165) is 106 Å². The molecule has 1 aliphatic rings. The van der Waals surface area contributed by atoms with Gasteiger partial charge in [-0.3, -0.25) is 15.0 Å². The molecule has 0 spiro atoms. The molecule has 0 N–H and O–H groups in total. The highest BCUT2D eigenvalue weighted by atomic mass is 15.0. The van der Waals surface area contributed by atoms with Gasteiger partial charge in [0.1, 0.15) is 11.0 Å². The number of hydrogen-bond donors (Lipinski definition) is 0. The zero-order valence-corrected chi connectivity index (χ0v) is 33.9. The van der Waals surface area contributed by atoms with Gasteiger partial charge in [-0.1, -0.05) is 91.0 Å². The maximum absolute atomic E-state index is 5.40. The second kappa shape index (κ2) is 14.0. The van der Waals surface area contributed by atoms with E-state index in [2.05, 4.69) is 151 Å². The van der Waals surface area contributed by atoms with Crippen molar-refractivity contribution in [2.24, 2.45) is 0 Å². The van der Waals surface area contributed by atoms with Crippen LogP contribution in [-0.4, -0.2) is 34.1 Å². The van der Waals surface area contributed by atoms with Gasteiger partial charge in [-0.25, -0.2) is 9.97 Å². The summed E-state index contributed by atoms with van der Waals surface area (Å²) in [6.45, 7) is 0. The Labute approximate surface area is 362 Å². The minimum absolute atomic E-state index is 0.809. The Kier molecular flexibility index (Phi) is 7.83. The SMILES string of the molecule is c1ccc(-c2cncc(-c3ccc4c(n3)c3nc(-c5cncc(-c6ccccc6)c5)ccc3n4-c3ccc4c(c3)c3cnccc3n4-c3ccc4c(c3)-c3ccccc3C4)c2)cc1. The molecule has 7 nitrogen and oxygen atoms in total. The highest BCUT2D eigenvalue weighted by Gasteiger charge is 2.22. The quantitative estimate of drug-likeness (QED) is 0.167. The number of aromatic nitrogens is 7. The maximum atomic E-state index is 5.40. The lowest BCUT2D eigenvalue weighted by atomic mass is 10.0. The lowest BCUT2D eigenvalue weighted by Crippen LogP contribution is -1.97. The first-order chi connectivity index (χ1) is 31.2. The largest absolute Gasteiger partial charge is 0.309 e. The second-order valence-electron chi connectivity index (χ2n) is 16.2. The van der Waals surface area contributed by atoms with Gasteiger partial charge in [0.15, 0.2) is 0 Å². The maximum Gasteiger partial charge on any atom is 0.116 e. The predicted molar refractivity (Wildman–Crippen MR) is 254 cm³/mol. The Morgan fingerprint density at radius 1 is 0.349 bits per heavy atom. The minimum atomic E-state index is 0.809. The van der Waals surface area contributed by atoms with Crippen LogP contribution in [-0.2, 0) is 6.42 Å². The van der Waals surface area contributed by atoms with E-state index >= 15 is 0 Å². The molecule has 5 aromatic carbocycles. The Morgan fingerprint density at radius 3 is 1.57 bits per heavy atom. The molecule has 7 heteroatoms. The van der Waals surface area contributed by atoms with E-state index in [1.807, 2.05) is 73.6 Å². The summed E-state index contributed by atoms with van der Waals surface area (Å²) in [6.07, 6.45) is 12.4. The molecule has 0 amide bonds. The summed E-state index contributed by atoms with van der Waals surface area (Å²) in [5.41, 5.74) is 21.1. The van der Waals surface area contributed by atoms with Crippen LogP contribution >= 0.6 is 0 Å². The summed E-state index contributed by atoms with van der Waals surface area (Å²) in [4.78, 5) is 24.7. The van der Waals surface area contributed by atoms with E-state index in [1.165, 1.54) is 22.3 Å². The highest BCUT2D eigenvalue weighted by Crippen LogP contribution is 2.41. The van der Waals surface area contributed by atoms with Crippen LogP contribution in [0.4, 0.5) is 0 Å². The Bertz CT molecular complexity index is 3630. The summed E-state index contributed by atoms with van der Waals surface area (Å²) < 4.78 is 4.67. The fourth-order valence-electron chi connectivity index (χ4n) is 9.60. The van der Waals surface area contributed by atoms with Gasteiger partial charge in [0, 0.05) is 81.6 Å². The van der Waals surface area contributed by atoms with Crippen molar-refractivity contribution in [1.29, 1.82) is 0 Å². The van der Waals surface area contributed by atoms with Crippen molar-refractivity contribution in [2.75, 3.05) is 0 Å². The molecule has 13 rings (SSSR count). The fraction of sp³-hybridized carbons (Fsp3) is 0.0179. The van der Waals surface area contributed by atoms with Crippen LogP contribution in [0, 0.1) is 0 Å². The third-order valence-corrected chi connectivity index (χ3v) is 12.6. The summed E-state index contributed by atoms with van der Waals surface area (Å²) in [5.74, 6) is 0. The van der Waals surface area contributed by atoms with E-state index in [-0.39, 0.29) is 0 Å². The summed E-state index contributed by atoms with van der Waals surface area (Å²) in [6, 6.07) is 58.0. The van der Waals surface area contributed by atoms with Crippen LogP contribution in [0.15, 0.2) is 201 Å². The molecule has 0 fully saturated rings. The molecule has 0 saturated heterocycles. The van der Waals surface area contributed by atoms with Crippen molar-refractivity contribution in [2.45, 2.75) is 6.42 Å². The molecule has 12 aromatic rings. The number of nitrogens with zero attached hydrogens (tertiary/aromatic N) is 7. The van der Waals surface area contributed by atoms with Crippen molar-refractivity contribution >= 4 is 43.9 Å². The molecule has 0 bridgehead atoms. The van der Waals surface area contributed by atoms with E-state index < -0.39 is 0 Å². The Hall–Kier alpha value is -8.55. The fourth-order valence-corrected chi connectivity index (χ4v) is 9.60. The van der Waals surface area contributed by atoms with Gasteiger partial charge < -0.3 is 9.13 Å². The molecule has 0 unspecified atom stereocenters. The Morgan fingerprint density at radius 2 is 0.889 bits per heavy atom. The first-order valence-corrected chi connectivity index (χ1v) is 21.2. The molecule has 7 aromatic heterocycles. The average Bonchev–Trinajstić information content (AvgIpc) is 4.01. The van der Waals surface area contributed by atoms with Crippen LogP contribution in [0.1, 0.15) is 11.1 Å². The zero-order chi connectivity index (χ0) is 41.4. The van der Waals surface area contributed by atoms with Gasteiger partial charge in [0.2, 0.25) is 0 Å². The number of benzene rings is 5. The number of fused-ring (bicyclic) bond motifs is 9. The topological polar surface area (TPSA) is 74.3 Å². The van der Waals surface area contributed by atoms with Gasteiger partial charge in [-0.15, -0.1) is 0 Å². The number of rotatable bonds is 6. The van der Waals surface area contributed by atoms with Gasteiger partial charge in [-0.2, -0.15) is 0 Å². The average molecular weight is 806 g/mol. The molecule has 0 saturated carbocycles. The van der Waals surface area contributed by atoms with Crippen molar-refractivity contribution in [3.8, 4) is 67.3 Å². The molecular weight excluding hydrogens is 771 g/mol. The highest BCUT2D eigenvalue weighted by molar-refractivity contribution is 6.11. The van der Waals surface area contributed by atoms with Gasteiger partial charge in [0.25, 0.3) is 0 Å². The molecule has 294 valence electrons. The molecule has 7 heterocycles. The lowest BCUT2D eigenvalue weighted by molar-refractivity contribution is 1.16. The van der Waals surface area contributed by atoms with Crippen LogP contribution < -0.4 is 0 Å². The van der Waals surface area contributed by atoms with Crippen molar-refractivity contribution in [3.63, 3.8) is 0 Å². The van der Waals surface area contributed by atoms with E-state index in [9.17, 15) is 0 Å². The molecule has 63 heavy (non-hydrogen) atoms. The van der Waals surface area contributed by atoms with E-state index in [1.54, 1.807) is 0 Å². The molecular formula is C56H35N7. The number of pyridine rings is 5. The van der Waals surface area contributed by atoms with Crippen molar-refractivity contribution in [1.82, 2.24) is 34.1 Å². The normalized spacial score (nSPS) is 12.1. The molecule has 0 radical (unpaired) electrons. The summed E-state index contributed by atoms with van der Waals surface area (Å²) in [7, 11) is 0. The lowest BCUT2D eigenvalue weighted by Gasteiger charge is -2.12. The first kappa shape index (κ1) is 35.2. The van der Waals surface area contributed by atoms with Crippen molar-refractivity contribution in [3.05, 3.63) is 212 Å². The second-order valence-corrected chi connectivity index (χ2v) is 16.2. The van der Waals surface area contributed by atoms with E-state index in [4.69, 9.17) is 9.97 Å². The molecule has 0 atom stereocenters. The van der Waals surface area contributed by atoms with Gasteiger partial charge in [-0.05, 0) is 113 Å². The third kappa shape index (κ3) is 5.71.